The van der Waals surface area contributed by atoms with E-state index in [4.69, 9.17) is 29.9 Å². The third-order valence-electron chi connectivity index (χ3n) is 3.13. The Bertz CT molecular complexity index is 683. The first-order valence-corrected chi connectivity index (χ1v) is 9.19. The molecule has 30 heavy (non-hydrogen) atoms. The van der Waals surface area contributed by atoms with Gasteiger partial charge in [-0.1, -0.05) is 45.0 Å². The van der Waals surface area contributed by atoms with Gasteiger partial charge in [0, 0.05) is 6.42 Å². The first-order chi connectivity index (χ1) is 14.1. The highest BCUT2D eigenvalue weighted by atomic mass is 16.5. The van der Waals surface area contributed by atoms with Crippen LogP contribution in [-0.2, 0) is 9.59 Å². The number of ether oxygens (including phenoxy) is 2. The number of methoxy groups -OCH3 is 2. The predicted molar refractivity (Wildman–Crippen MR) is 114 cm³/mol. The van der Waals surface area contributed by atoms with Gasteiger partial charge in [-0.3, -0.25) is 9.59 Å². The number of para-hydroxylation sites is 4. The Hall–Kier alpha value is -3.42. The Morgan fingerprint density at radius 3 is 1.30 bits per heavy atom. The zero-order valence-electron chi connectivity index (χ0n) is 18.0. The third-order valence-corrected chi connectivity index (χ3v) is 3.13. The molecule has 0 radical (unpaired) electrons. The van der Waals surface area contributed by atoms with E-state index >= 15 is 0 Å². The summed E-state index contributed by atoms with van der Waals surface area (Å²) in [5.41, 5.74) is 0. The number of hydrogen-bond acceptors (Lipinski definition) is 6. The highest BCUT2D eigenvalue weighted by Gasteiger charge is 1.99. The number of carbonyl (C=O) groups is 2. The first kappa shape index (κ1) is 28.8. The van der Waals surface area contributed by atoms with Crippen molar-refractivity contribution in [1.82, 2.24) is 0 Å². The summed E-state index contributed by atoms with van der Waals surface area (Å²) >= 11 is 0. The predicted octanol–water partition coefficient (Wildman–Crippen LogP) is 4.40. The molecule has 0 aliphatic carbocycles. The van der Waals surface area contributed by atoms with Crippen LogP contribution in [0.1, 0.15) is 33.6 Å². The van der Waals surface area contributed by atoms with Crippen molar-refractivity contribution in [2.45, 2.75) is 33.6 Å². The molecular formula is C22H32O8. The van der Waals surface area contributed by atoms with E-state index in [0.717, 1.165) is 6.42 Å². The number of aliphatic carboxylic acids is 2. The van der Waals surface area contributed by atoms with Gasteiger partial charge in [0.25, 0.3) is 0 Å². The number of carboxylic acid groups (broad SMARTS) is 2. The van der Waals surface area contributed by atoms with Crippen LogP contribution in [0.4, 0.5) is 0 Å². The van der Waals surface area contributed by atoms with E-state index in [2.05, 4.69) is 0 Å². The Balaban J connectivity index is 0. The molecule has 2 aromatic rings. The number of aromatic hydroxyl groups is 2. The molecule has 0 saturated carbocycles. The van der Waals surface area contributed by atoms with Crippen molar-refractivity contribution in [2.24, 2.45) is 5.92 Å². The minimum absolute atomic E-state index is 0.181. The van der Waals surface area contributed by atoms with Crippen LogP contribution in [0.5, 0.6) is 23.0 Å². The standard InChI is InChI=1S/2C7H8O2.2C4H8O2/c2*1-9-7-5-3-2-4-6(7)8;1-3(2)4(5)6;1-2-3-4(5)6/h2*2-5,8H,1H3;3H,1-2H3,(H,5,6);2-3H2,1H3,(H,5,6). The van der Waals surface area contributed by atoms with E-state index in [9.17, 15) is 9.59 Å². The van der Waals surface area contributed by atoms with Crippen molar-refractivity contribution in [1.29, 1.82) is 0 Å². The number of hydrogen-bond donors (Lipinski definition) is 4. The topological polar surface area (TPSA) is 134 Å². The molecule has 0 bridgehead atoms. The van der Waals surface area contributed by atoms with Gasteiger partial charge in [-0.2, -0.15) is 0 Å². The maximum Gasteiger partial charge on any atom is 0.305 e. The molecule has 4 N–H and O–H groups in total. The van der Waals surface area contributed by atoms with E-state index < -0.39 is 11.9 Å². The minimum atomic E-state index is -0.741. The van der Waals surface area contributed by atoms with Crippen molar-refractivity contribution < 1.29 is 39.5 Å². The highest BCUT2D eigenvalue weighted by Crippen LogP contribution is 2.23. The molecule has 0 saturated heterocycles. The number of phenols is 2. The molecular weight excluding hydrogens is 392 g/mol. The van der Waals surface area contributed by atoms with Crippen LogP contribution in [0, 0.1) is 5.92 Å². The molecule has 2 aromatic carbocycles. The average Bonchev–Trinajstić information content (AvgIpc) is 2.70. The Labute approximate surface area is 177 Å². The summed E-state index contributed by atoms with van der Waals surface area (Å²) in [6, 6.07) is 13.7. The summed E-state index contributed by atoms with van der Waals surface area (Å²) in [5, 5.41) is 33.9. The number of benzene rings is 2. The van der Waals surface area contributed by atoms with Crippen LogP contribution in [0.3, 0.4) is 0 Å². The van der Waals surface area contributed by atoms with Gasteiger partial charge < -0.3 is 29.9 Å². The van der Waals surface area contributed by atoms with Crippen molar-refractivity contribution in [3.63, 3.8) is 0 Å². The maximum atomic E-state index is 9.70. The molecule has 0 heterocycles. The second-order valence-corrected chi connectivity index (χ2v) is 5.98. The average molecular weight is 424 g/mol. The SMILES string of the molecule is CC(C)C(=O)O.CCCC(=O)O.COc1ccccc1O.COc1ccccc1O. The fourth-order valence-corrected chi connectivity index (χ4v) is 1.47. The van der Waals surface area contributed by atoms with Crippen LogP contribution in [0.25, 0.3) is 0 Å². The van der Waals surface area contributed by atoms with Crippen molar-refractivity contribution in [3.8, 4) is 23.0 Å². The zero-order valence-corrected chi connectivity index (χ0v) is 18.0. The first-order valence-electron chi connectivity index (χ1n) is 9.19. The summed E-state index contributed by atoms with van der Waals surface area (Å²) in [4.78, 5) is 19.3. The van der Waals surface area contributed by atoms with Gasteiger partial charge in [-0.15, -0.1) is 0 Å². The van der Waals surface area contributed by atoms with Crippen LogP contribution in [0.15, 0.2) is 48.5 Å². The van der Waals surface area contributed by atoms with Crippen molar-refractivity contribution in [2.75, 3.05) is 14.2 Å². The van der Waals surface area contributed by atoms with E-state index in [0.29, 0.717) is 17.9 Å². The Morgan fingerprint density at radius 1 is 0.833 bits per heavy atom. The molecule has 2 rings (SSSR count). The van der Waals surface area contributed by atoms with E-state index in [1.54, 1.807) is 62.4 Å². The van der Waals surface area contributed by atoms with Crippen molar-refractivity contribution >= 4 is 11.9 Å². The lowest BCUT2D eigenvalue weighted by Gasteiger charge is -1.99. The summed E-state index contributed by atoms with van der Waals surface area (Å²) in [6.07, 6.45) is 1.02. The molecule has 0 fully saturated rings. The van der Waals surface area contributed by atoms with E-state index in [1.165, 1.54) is 14.2 Å². The zero-order chi connectivity index (χ0) is 23.5. The monoisotopic (exact) mass is 424 g/mol. The highest BCUT2D eigenvalue weighted by molar-refractivity contribution is 5.68. The number of phenolic OH excluding ortho intramolecular Hbond substituents is 2. The molecule has 0 aromatic heterocycles. The Kier molecular flexibility index (Phi) is 16.9. The molecule has 0 aliphatic rings. The fraction of sp³-hybridized carbons (Fsp3) is 0.364. The molecule has 0 amide bonds. The van der Waals surface area contributed by atoms with Crippen LogP contribution in [-0.4, -0.2) is 46.6 Å². The van der Waals surface area contributed by atoms with Crippen molar-refractivity contribution in [3.05, 3.63) is 48.5 Å². The van der Waals surface area contributed by atoms with Gasteiger partial charge in [0.1, 0.15) is 0 Å². The lowest BCUT2D eigenvalue weighted by atomic mass is 10.2. The van der Waals surface area contributed by atoms with Gasteiger partial charge in [0.2, 0.25) is 0 Å². The summed E-state index contributed by atoms with van der Waals surface area (Å²) in [5.74, 6) is -0.299. The van der Waals surface area contributed by atoms with Gasteiger partial charge in [0.15, 0.2) is 23.0 Å². The summed E-state index contributed by atoms with van der Waals surface area (Å²) < 4.78 is 9.59. The Morgan fingerprint density at radius 2 is 1.17 bits per heavy atom. The second kappa shape index (κ2) is 17.7. The van der Waals surface area contributed by atoms with Gasteiger partial charge in [-0.25, -0.2) is 0 Å². The molecule has 0 atom stereocenters. The van der Waals surface area contributed by atoms with Crippen LogP contribution < -0.4 is 9.47 Å². The van der Waals surface area contributed by atoms with E-state index in [1.807, 2.05) is 6.92 Å². The third kappa shape index (κ3) is 15.6. The van der Waals surface area contributed by atoms with Gasteiger partial charge in [0.05, 0.1) is 20.1 Å². The molecule has 8 nitrogen and oxygen atoms in total. The van der Waals surface area contributed by atoms with E-state index in [-0.39, 0.29) is 17.4 Å². The molecule has 0 spiro atoms. The van der Waals surface area contributed by atoms with Crippen LogP contribution >= 0.6 is 0 Å². The fourth-order valence-electron chi connectivity index (χ4n) is 1.47. The number of rotatable bonds is 5. The van der Waals surface area contributed by atoms with Gasteiger partial charge >= 0.3 is 11.9 Å². The maximum absolute atomic E-state index is 9.70. The second-order valence-electron chi connectivity index (χ2n) is 5.98. The summed E-state index contributed by atoms with van der Waals surface area (Å²) in [6.45, 7) is 5.12. The quantitative estimate of drug-likeness (QED) is 0.555. The molecule has 168 valence electrons. The summed E-state index contributed by atoms with van der Waals surface area (Å²) in [7, 11) is 3.05. The normalized spacial score (nSPS) is 8.87. The smallest absolute Gasteiger partial charge is 0.305 e. The lowest BCUT2D eigenvalue weighted by Crippen LogP contribution is -2.03. The molecule has 0 aliphatic heterocycles. The molecule has 0 unspecified atom stereocenters. The number of carboxylic acids is 2. The largest absolute Gasteiger partial charge is 0.504 e. The van der Waals surface area contributed by atoms with Crippen LogP contribution in [0.2, 0.25) is 0 Å². The minimum Gasteiger partial charge on any atom is -0.504 e. The van der Waals surface area contributed by atoms with Gasteiger partial charge in [-0.05, 0) is 30.7 Å². The lowest BCUT2D eigenvalue weighted by molar-refractivity contribution is -0.140. The molecule has 8 heteroatoms.